The zero-order valence-corrected chi connectivity index (χ0v) is 12.8. The highest BCUT2D eigenvalue weighted by atomic mass is 16.5. The van der Waals surface area contributed by atoms with Crippen LogP contribution in [0.1, 0.15) is 43.0 Å². The van der Waals surface area contributed by atoms with Crippen LogP contribution in [0.3, 0.4) is 0 Å². The maximum Gasteiger partial charge on any atom is 0.376 e. The van der Waals surface area contributed by atoms with Crippen LogP contribution in [0.4, 0.5) is 5.82 Å². The van der Waals surface area contributed by atoms with E-state index in [0.717, 1.165) is 24.8 Å². The first-order valence-corrected chi connectivity index (χ1v) is 7.10. The number of carbonyl (C=O) groups excluding carboxylic acids is 1. The van der Waals surface area contributed by atoms with Gasteiger partial charge in [-0.25, -0.2) is 9.78 Å². The third-order valence-electron chi connectivity index (χ3n) is 3.15. The summed E-state index contributed by atoms with van der Waals surface area (Å²) >= 11 is 0. The molecule has 7 nitrogen and oxygen atoms in total. The van der Waals surface area contributed by atoms with Gasteiger partial charge >= 0.3 is 5.97 Å². The fraction of sp³-hybridized carbons (Fsp3) is 0.571. The van der Waals surface area contributed by atoms with Crippen molar-refractivity contribution in [3.05, 3.63) is 11.5 Å². The quantitative estimate of drug-likeness (QED) is 0.756. The zero-order valence-electron chi connectivity index (χ0n) is 12.8. The van der Waals surface area contributed by atoms with Crippen molar-refractivity contribution >= 4 is 22.9 Å². The maximum atomic E-state index is 11.9. The fourth-order valence-electron chi connectivity index (χ4n) is 2.03. The minimum Gasteiger partial charge on any atom is -0.460 e. The Morgan fingerprint density at radius 2 is 2.10 bits per heavy atom. The second-order valence-electron chi connectivity index (χ2n) is 4.81. The molecule has 114 valence electrons. The number of hydrogen-bond donors (Lipinski definition) is 0. The molecule has 0 fully saturated rings. The molecule has 2 heterocycles. The van der Waals surface area contributed by atoms with Gasteiger partial charge in [-0.05, 0) is 20.3 Å². The van der Waals surface area contributed by atoms with Crippen LogP contribution >= 0.6 is 0 Å². The van der Waals surface area contributed by atoms with Crippen molar-refractivity contribution < 1.29 is 14.1 Å². The number of carbonyl (C=O) groups is 1. The molecule has 0 atom stereocenters. The predicted molar refractivity (Wildman–Crippen MR) is 78.5 cm³/mol. The average molecular weight is 292 g/mol. The molecule has 0 saturated heterocycles. The Morgan fingerprint density at radius 3 is 2.76 bits per heavy atom. The average Bonchev–Trinajstić information content (AvgIpc) is 2.85. The number of ether oxygens (including phenoxy) is 1. The summed E-state index contributed by atoms with van der Waals surface area (Å²) < 4.78 is 10.1. The number of aryl methyl sites for hydroxylation is 1. The molecule has 0 bridgehead atoms. The molecular weight excluding hydrogens is 272 g/mol. The first-order valence-electron chi connectivity index (χ1n) is 7.10. The van der Waals surface area contributed by atoms with E-state index < -0.39 is 5.97 Å². The van der Waals surface area contributed by atoms with E-state index in [9.17, 15) is 4.79 Å². The molecule has 2 rings (SSSR count). The molecule has 0 aliphatic heterocycles. The van der Waals surface area contributed by atoms with Gasteiger partial charge in [0.05, 0.1) is 12.3 Å². The van der Waals surface area contributed by atoms with E-state index in [-0.39, 0.29) is 12.4 Å². The number of fused-ring (bicyclic) bond motifs is 1. The fourth-order valence-corrected chi connectivity index (χ4v) is 2.03. The molecule has 0 radical (unpaired) electrons. The van der Waals surface area contributed by atoms with Crippen molar-refractivity contribution in [2.24, 2.45) is 0 Å². The summed E-state index contributed by atoms with van der Waals surface area (Å²) in [6.45, 7) is 6.80. The Hall–Kier alpha value is -2.18. The lowest BCUT2D eigenvalue weighted by Gasteiger charge is -2.18. The number of aromatic nitrogens is 3. The summed E-state index contributed by atoms with van der Waals surface area (Å²) in [5.41, 5.74) is 1.02. The first-order chi connectivity index (χ1) is 10.1. The number of unbranched alkanes of at least 4 members (excludes halogenated alkanes) is 1. The van der Waals surface area contributed by atoms with Gasteiger partial charge in [-0.3, -0.25) is 0 Å². The Labute approximate surface area is 123 Å². The van der Waals surface area contributed by atoms with Gasteiger partial charge in [0.1, 0.15) is 11.2 Å². The van der Waals surface area contributed by atoms with Gasteiger partial charge < -0.3 is 14.2 Å². The van der Waals surface area contributed by atoms with Gasteiger partial charge in [-0.1, -0.05) is 18.5 Å². The van der Waals surface area contributed by atoms with Crippen LogP contribution in [0, 0.1) is 6.92 Å². The number of esters is 1. The molecule has 0 amide bonds. The summed E-state index contributed by atoms with van der Waals surface area (Å²) in [4.78, 5) is 22.3. The van der Waals surface area contributed by atoms with Crippen LogP contribution in [0.5, 0.6) is 0 Å². The molecule has 0 unspecified atom stereocenters. The molecule has 0 aliphatic rings. The molecule has 2 aromatic heterocycles. The Balaban J connectivity index is 2.48. The van der Waals surface area contributed by atoms with Crippen molar-refractivity contribution in [3.63, 3.8) is 0 Å². The maximum absolute atomic E-state index is 11.9. The number of anilines is 1. The molecule has 21 heavy (non-hydrogen) atoms. The van der Waals surface area contributed by atoms with E-state index in [0.29, 0.717) is 17.2 Å². The molecule has 0 N–H and O–H groups in total. The van der Waals surface area contributed by atoms with Crippen molar-refractivity contribution in [3.8, 4) is 0 Å². The summed E-state index contributed by atoms with van der Waals surface area (Å²) in [6.07, 6.45) is 2.10. The smallest absolute Gasteiger partial charge is 0.376 e. The van der Waals surface area contributed by atoms with Gasteiger partial charge in [0.15, 0.2) is 0 Å². The second-order valence-corrected chi connectivity index (χ2v) is 4.81. The van der Waals surface area contributed by atoms with Crippen LogP contribution in [0.15, 0.2) is 4.52 Å². The van der Waals surface area contributed by atoms with Crippen LogP contribution in [0.25, 0.3) is 11.1 Å². The lowest BCUT2D eigenvalue weighted by Crippen LogP contribution is -2.22. The van der Waals surface area contributed by atoms with Gasteiger partial charge in [0, 0.05) is 13.6 Å². The van der Waals surface area contributed by atoms with Gasteiger partial charge in [0.2, 0.25) is 5.82 Å². The lowest BCUT2D eigenvalue weighted by molar-refractivity contribution is 0.0512. The van der Waals surface area contributed by atoms with Crippen LogP contribution in [-0.2, 0) is 4.74 Å². The summed E-state index contributed by atoms with van der Waals surface area (Å²) in [6, 6.07) is 0. The highest BCUT2D eigenvalue weighted by molar-refractivity contribution is 5.93. The number of nitrogens with zero attached hydrogens (tertiary/aromatic N) is 4. The summed E-state index contributed by atoms with van der Waals surface area (Å²) in [7, 11) is 1.93. The molecule has 7 heteroatoms. The van der Waals surface area contributed by atoms with E-state index in [1.807, 2.05) is 18.9 Å². The molecule has 0 aliphatic carbocycles. The Bertz CT molecular complexity index is 638. The Morgan fingerprint density at radius 1 is 1.33 bits per heavy atom. The van der Waals surface area contributed by atoms with Crippen molar-refractivity contribution in [2.45, 2.75) is 33.6 Å². The lowest BCUT2D eigenvalue weighted by atomic mass is 10.2. The molecular formula is C14H20N4O3. The van der Waals surface area contributed by atoms with Crippen molar-refractivity contribution in [1.29, 1.82) is 0 Å². The predicted octanol–water partition coefficient (Wildman–Crippen LogP) is 2.34. The van der Waals surface area contributed by atoms with Gasteiger partial charge in [-0.2, -0.15) is 4.98 Å². The highest BCUT2D eigenvalue weighted by Crippen LogP contribution is 2.26. The zero-order chi connectivity index (χ0) is 15.4. The molecule has 0 spiro atoms. The second kappa shape index (κ2) is 6.51. The van der Waals surface area contributed by atoms with Crippen LogP contribution < -0.4 is 4.90 Å². The van der Waals surface area contributed by atoms with E-state index >= 15 is 0 Å². The molecule has 0 aromatic carbocycles. The number of hydrogen-bond acceptors (Lipinski definition) is 7. The third-order valence-corrected chi connectivity index (χ3v) is 3.15. The first kappa shape index (κ1) is 15.2. The van der Waals surface area contributed by atoms with Gasteiger partial charge in [-0.15, -0.1) is 0 Å². The van der Waals surface area contributed by atoms with E-state index in [2.05, 4.69) is 22.0 Å². The molecule has 2 aromatic rings. The SMILES string of the molecule is CCCCN(C)c1nc(C(=O)OCC)nc2onc(C)c12. The Kier molecular flexibility index (Phi) is 4.72. The largest absolute Gasteiger partial charge is 0.460 e. The standard InChI is InChI=1S/C14H20N4O3/c1-5-7-8-18(4)12-10-9(3)17-21-13(10)16-11(15-12)14(19)20-6-2/h5-8H2,1-4H3. The summed E-state index contributed by atoms with van der Waals surface area (Å²) in [5.74, 6) is 0.0905. The highest BCUT2D eigenvalue weighted by Gasteiger charge is 2.21. The third kappa shape index (κ3) is 3.12. The molecule has 0 saturated carbocycles. The minimum atomic E-state index is -0.557. The summed E-state index contributed by atoms with van der Waals surface area (Å²) in [5, 5.41) is 4.65. The van der Waals surface area contributed by atoms with Crippen LogP contribution in [0.2, 0.25) is 0 Å². The van der Waals surface area contributed by atoms with E-state index in [1.165, 1.54) is 0 Å². The monoisotopic (exact) mass is 292 g/mol. The van der Waals surface area contributed by atoms with Crippen LogP contribution in [-0.4, -0.2) is 41.3 Å². The van der Waals surface area contributed by atoms with Crippen molar-refractivity contribution in [2.75, 3.05) is 25.1 Å². The number of rotatable bonds is 6. The topological polar surface area (TPSA) is 81.4 Å². The minimum absolute atomic E-state index is 0.00107. The van der Waals surface area contributed by atoms with Gasteiger partial charge in [0.25, 0.3) is 5.71 Å². The van der Waals surface area contributed by atoms with Crippen molar-refractivity contribution in [1.82, 2.24) is 15.1 Å². The van der Waals surface area contributed by atoms with E-state index in [1.54, 1.807) is 6.92 Å². The van der Waals surface area contributed by atoms with E-state index in [4.69, 9.17) is 9.26 Å². The normalized spacial score (nSPS) is 10.9.